The molecule has 1 atom stereocenters. The fourth-order valence-electron chi connectivity index (χ4n) is 1.71. The first-order valence-electron chi connectivity index (χ1n) is 5.81. The van der Waals surface area contributed by atoms with E-state index in [-0.39, 0.29) is 5.02 Å². The molecule has 0 saturated heterocycles. The van der Waals surface area contributed by atoms with Crippen LogP contribution in [0.15, 0.2) is 18.2 Å². The summed E-state index contributed by atoms with van der Waals surface area (Å²) in [6.07, 6.45) is 1.05. The van der Waals surface area contributed by atoms with Gasteiger partial charge in [-0.3, -0.25) is 0 Å². The zero-order valence-electron chi connectivity index (χ0n) is 10.3. The SMILES string of the molecule is CCNCCC(C)(O)Cc1ccc(Cl)c(F)c1. The Bertz CT molecular complexity index is 368. The van der Waals surface area contributed by atoms with Gasteiger partial charge < -0.3 is 10.4 Å². The summed E-state index contributed by atoms with van der Waals surface area (Å²) in [5.41, 5.74) is -0.0731. The van der Waals surface area contributed by atoms with Crippen molar-refractivity contribution in [2.75, 3.05) is 13.1 Å². The van der Waals surface area contributed by atoms with Gasteiger partial charge in [-0.2, -0.15) is 0 Å². The van der Waals surface area contributed by atoms with Crippen molar-refractivity contribution in [2.24, 2.45) is 0 Å². The lowest BCUT2D eigenvalue weighted by atomic mass is 9.93. The summed E-state index contributed by atoms with van der Waals surface area (Å²) in [4.78, 5) is 0. The Morgan fingerprint density at radius 2 is 2.18 bits per heavy atom. The van der Waals surface area contributed by atoms with Gasteiger partial charge in [-0.15, -0.1) is 0 Å². The van der Waals surface area contributed by atoms with Gasteiger partial charge in [-0.25, -0.2) is 4.39 Å². The zero-order chi connectivity index (χ0) is 12.9. The average molecular weight is 260 g/mol. The van der Waals surface area contributed by atoms with Gasteiger partial charge >= 0.3 is 0 Å². The number of halogens is 2. The van der Waals surface area contributed by atoms with E-state index in [4.69, 9.17) is 11.6 Å². The lowest BCUT2D eigenvalue weighted by Crippen LogP contribution is -2.32. The highest BCUT2D eigenvalue weighted by Gasteiger charge is 2.20. The van der Waals surface area contributed by atoms with Gasteiger partial charge in [0, 0.05) is 6.42 Å². The van der Waals surface area contributed by atoms with Crippen LogP contribution in [0.2, 0.25) is 5.02 Å². The molecule has 0 heterocycles. The quantitative estimate of drug-likeness (QED) is 0.770. The van der Waals surface area contributed by atoms with Crippen molar-refractivity contribution in [3.63, 3.8) is 0 Å². The third kappa shape index (κ3) is 5.02. The molecule has 2 N–H and O–H groups in total. The van der Waals surface area contributed by atoms with Crippen LogP contribution < -0.4 is 5.32 Å². The molecular formula is C13H19ClFNO. The first-order valence-corrected chi connectivity index (χ1v) is 6.19. The second-order valence-electron chi connectivity index (χ2n) is 4.53. The molecule has 0 radical (unpaired) electrons. The van der Waals surface area contributed by atoms with Crippen LogP contribution in [-0.2, 0) is 6.42 Å². The average Bonchev–Trinajstić information content (AvgIpc) is 2.23. The highest BCUT2D eigenvalue weighted by atomic mass is 35.5. The third-order valence-electron chi connectivity index (χ3n) is 2.66. The van der Waals surface area contributed by atoms with E-state index in [2.05, 4.69) is 5.32 Å². The fraction of sp³-hybridized carbons (Fsp3) is 0.538. The van der Waals surface area contributed by atoms with E-state index in [9.17, 15) is 9.50 Å². The van der Waals surface area contributed by atoms with Crippen LogP contribution in [-0.4, -0.2) is 23.8 Å². The number of benzene rings is 1. The van der Waals surface area contributed by atoms with E-state index in [0.717, 1.165) is 18.7 Å². The molecule has 0 aliphatic rings. The van der Waals surface area contributed by atoms with Gasteiger partial charge in [0.2, 0.25) is 0 Å². The van der Waals surface area contributed by atoms with Gasteiger partial charge in [0.25, 0.3) is 0 Å². The molecular weight excluding hydrogens is 241 g/mol. The van der Waals surface area contributed by atoms with Gasteiger partial charge in [-0.05, 0) is 44.1 Å². The second-order valence-corrected chi connectivity index (χ2v) is 4.93. The monoisotopic (exact) mass is 259 g/mol. The summed E-state index contributed by atoms with van der Waals surface area (Å²) in [5.74, 6) is -0.438. The maximum atomic E-state index is 13.2. The molecule has 0 fully saturated rings. The smallest absolute Gasteiger partial charge is 0.142 e. The summed E-state index contributed by atoms with van der Waals surface area (Å²) in [7, 11) is 0. The molecule has 4 heteroatoms. The van der Waals surface area contributed by atoms with E-state index in [1.54, 1.807) is 13.0 Å². The van der Waals surface area contributed by atoms with Gasteiger partial charge in [0.15, 0.2) is 0 Å². The van der Waals surface area contributed by atoms with E-state index in [1.807, 2.05) is 6.92 Å². The van der Waals surface area contributed by atoms with Gasteiger partial charge in [0.05, 0.1) is 10.6 Å². The lowest BCUT2D eigenvalue weighted by molar-refractivity contribution is 0.0516. The molecule has 0 aliphatic heterocycles. The van der Waals surface area contributed by atoms with Crippen LogP contribution in [0, 0.1) is 5.82 Å². The van der Waals surface area contributed by atoms with Crippen LogP contribution in [0.25, 0.3) is 0 Å². The molecule has 1 aromatic carbocycles. The summed E-state index contributed by atoms with van der Waals surface area (Å²) >= 11 is 5.61. The first kappa shape index (κ1) is 14.4. The van der Waals surface area contributed by atoms with Crippen molar-refractivity contribution in [3.8, 4) is 0 Å². The molecule has 17 heavy (non-hydrogen) atoms. The Morgan fingerprint density at radius 1 is 1.47 bits per heavy atom. The summed E-state index contributed by atoms with van der Waals surface area (Å²) in [6.45, 7) is 5.41. The first-order chi connectivity index (χ1) is 7.94. The van der Waals surface area contributed by atoms with Crippen molar-refractivity contribution in [2.45, 2.75) is 32.3 Å². The van der Waals surface area contributed by atoms with Crippen molar-refractivity contribution < 1.29 is 9.50 Å². The van der Waals surface area contributed by atoms with Gasteiger partial charge in [0.1, 0.15) is 5.82 Å². The predicted octanol–water partition coefficient (Wildman–Crippen LogP) is 2.77. The van der Waals surface area contributed by atoms with E-state index < -0.39 is 11.4 Å². The van der Waals surface area contributed by atoms with Crippen molar-refractivity contribution in [1.82, 2.24) is 5.32 Å². The Morgan fingerprint density at radius 3 is 2.76 bits per heavy atom. The van der Waals surface area contributed by atoms with Crippen LogP contribution in [0.1, 0.15) is 25.8 Å². The third-order valence-corrected chi connectivity index (χ3v) is 2.97. The number of aliphatic hydroxyl groups is 1. The maximum absolute atomic E-state index is 13.2. The minimum atomic E-state index is -0.831. The minimum absolute atomic E-state index is 0.112. The molecule has 2 nitrogen and oxygen atoms in total. The summed E-state index contributed by atoms with van der Waals surface area (Å²) in [5, 5.41) is 13.4. The molecule has 0 spiro atoms. The standard InChI is InChI=1S/C13H19ClFNO/c1-3-16-7-6-13(2,17)9-10-4-5-11(14)12(15)8-10/h4-5,8,16-17H,3,6-7,9H2,1-2H3. The normalized spacial score (nSPS) is 14.6. The molecule has 1 rings (SSSR count). The minimum Gasteiger partial charge on any atom is -0.390 e. The van der Waals surface area contributed by atoms with Crippen molar-refractivity contribution >= 4 is 11.6 Å². The number of rotatable bonds is 6. The second kappa shape index (κ2) is 6.34. The lowest BCUT2D eigenvalue weighted by Gasteiger charge is -2.23. The Hall–Kier alpha value is -0.640. The zero-order valence-corrected chi connectivity index (χ0v) is 11.0. The Kier molecular flexibility index (Phi) is 5.37. The largest absolute Gasteiger partial charge is 0.390 e. The molecule has 1 unspecified atom stereocenters. The van der Waals surface area contributed by atoms with Crippen molar-refractivity contribution in [1.29, 1.82) is 0 Å². The van der Waals surface area contributed by atoms with Crippen LogP contribution >= 0.6 is 11.6 Å². The fourth-order valence-corrected chi connectivity index (χ4v) is 1.83. The van der Waals surface area contributed by atoms with E-state index in [0.29, 0.717) is 12.8 Å². The molecule has 0 amide bonds. The summed E-state index contributed by atoms with van der Waals surface area (Å²) in [6, 6.07) is 4.64. The summed E-state index contributed by atoms with van der Waals surface area (Å²) < 4.78 is 13.2. The molecule has 1 aromatic rings. The highest BCUT2D eigenvalue weighted by Crippen LogP contribution is 2.21. The van der Waals surface area contributed by atoms with Crippen LogP contribution in [0.5, 0.6) is 0 Å². The van der Waals surface area contributed by atoms with Crippen LogP contribution in [0.4, 0.5) is 4.39 Å². The maximum Gasteiger partial charge on any atom is 0.142 e. The molecule has 0 aliphatic carbocycles. The topological polar surface area (TPSA) is 32.3 Å². The number of hydrogen-bond donors (Lipinski definition) is 2. The van der Waals surface area contributed by atoms with Crippen molar-refractivity contribution in [3.05, 3.63) is 34.6 Å². The molecule has 0 aromatic heterocycles. The van der Waals surface area contributed by atoms with Crippen LogP contribution in [0.3, 0.4) is 0 Å². The van der Waals surface area contributed by atoms with Gasteiger partial charge in [-0.1, -0.05) is 24.6 Å². The highest BCUT2D eigenvalue weighted by molar-refractivity contribution is 6.30. The van der Waals surface area contributed by atoms with E-state index in [1.165, 1.54) is 12.1 Å². The number of nitrogens with one attached hydrogen (secondary N) is 1. The molecule has 0 bridgehead atoms. The Balaban J connectivity index is 2.59. The van der Waals surface area contributed by atoms with E-state index >= 15 is 0 Å². The molecule has 0 saturated carbocycles. The Labute approximate surface area is 107 Å². The molecule has 96 valence electrons. The predicted molar refractivity (Wildman–Crippen MR) is 68.9 cm³/mol. The number of hydrogen-bond acceptors (Lipinski definition) is 2.